The molecule has 1 atom stereocenters. The van der Waals surface area contributed by atoms with E-state index in [9.17, 15) is 4.79 Å². The molecule has 84 valence electrons. The molecule has 1 amide bonds. The van der Waals surface area contributed by atoms with Crippen LogP contribution >= 0.6 is 22.6 Å². The van der Waals surface area contributed by atoms with Gasteiger partial charge < -0.3 is 4.90 Å². The first-order chi connectivity index (χ1) is 7.56. The third-order valence-corrected chi connectivity index (χ3v) is 3.11. The SMILES string of the molecule is CC(CC#N)N(C)C(=O)c1cccc(I)c1. The van der Waals surface area contributed by atoms with E-state index in [1.807, 2.05) is 25.1 Å². The van der Waals surface area contributed by atoms with E-state index in [4.69, 9.17) is 5.26 Å². The Hall–Kier alpha value is -1.09. The lowest BCUT2D eigenvalue weighted by atomic mass is 10.1. The number of amides is 1. The van der Waals surface area contributed by atoms with E-state index in [0.29, 0.717) is 12.0 Å². The van der Waals surface area contributed by atoms with Gasteiger partial charge in [0, 0.05) is 22.2 Å². The molecule has 0 heterocycles. The van der Waals surface area contributed by atoms with E-state index in [-0.39, 0.29) is 11.9 Å². The molecular weight excluding hydrogens is 315 g/mol. The Morgan fingerprint density at radius 2 is 2.31 bits per heavy atom. The minimum absolute atomic E-state index is 0.0405. The fourth-order valence-corrected chi connectivity index (χ4v) is 1.84. The van der Waals surface area contributed by atoms with Gasteiger partial charge >= 0.3 is 0 Å². The van der Waals surface area contributed by atoms with Crippen molar-refractivity contribution in [1.82, 2.24) is 4.90 Å². The van der Waals surface area contributed by atoms with Gasteiger partial charge in [0.2, 0.25) is 0 Å². The summed E-state index contributed by atoms with van der Waals surface area (Å²) in [5.41, 5.74) is 0.666. The number of hydrogen-bond acceptors (Lipinski definition) is 2. The fraction of sp³-hybridized carbons (Fsp3) is 0.333. The van der Waals surface area contributed by atoms with Crippen molar-refractivity contribution in [2.45, 2.75) is 19.4 Å². The van der Waals surface area contributed by atoms with E-state index in [1.54, 1.807) is 18.0 Å². The average molecular weight is 328 g/mol. The summed E-state index contributed by atoms with van der Waals surface area (Å²) in [5, 5.41) is 8.59. The molecule has 0 fully saturated rings. The maximum absolute atomic E-state index is 12.0. The summed E-state index contributed by atoms with van der Waals surface area (Å²) in [4.78, 5) is 13.6. The summed E-state index contributed by atoms with van der Waals surface area (Å²) in [7, 11) is 1.73. The Kier molecular flexibility index (Phi) is 4.74. The molecule has 0 saturated heterocycles. The quantitative estimate of drug-likeness (QED) is 0.801. The van der Waals surface area contributed by atoms with Crippen LogP contribution in [0.1, 0.15) is 23.7 Å². The predicted molar refractivity (Wildman–Crippen MR) is 70.9 cm³/mol. The van der Waals surface area contributed by atoms with Gasteiger partial charge in [0.05, 0.1) is 12.5 Å². The zero-order valence-corrected chi connectivity index (χ0v) is 11.4. The molecule has 16 heavy (non-hydrogen) atoms. The third kappa shape index (κ3) is 3.20. The van der Waals surface area contributed by atoms with Crippen LogP contribution in [0.2, 0.25) is 0 Å². The van der Waals surface area contributed by atoms with Crippen molar-refractivity contribution in [3.63, 3.8) is 0 Å². The van der Waals surface area contributed by atoms with E-state index < -0.39 is 0 Å². The molecule has 0 aliphatic rings. The largest absolute Gasteiger partial charge is 0.338 e. The van der Waals surface area contributed by atoms with Crippen LogP contribution in [0.5, 0.6) is 0 Å². The van der Waals surface area contributed by atoms with Gasteiger partial charge in [-0.2, -0.15) is 5.26 Å². The normalized spacial score (nSPS) is 11.6. The average Bonchev–Trinajstić information content (AvgIpc) is 2.27. The van der Waals surface area contributed by atoms with Crippen molar-refractivity contribution >= 4 is 28.5 Å². The standard InChI is InChI=1S/C12H13IN2O/c1-9(6-7-14)15(2)12(16)10-4-3-5-11(13)8-10/h3-5,8-9H,6H2,1-2H3. The van der Waals surface area contributed by atoms with Crippen molar-refractivity contribution < 1.29 is 4.79 Å². The Morgan fingerprint density at radius 1 is 1.62 bits per heavy atom. The molecule has 0 spiro atoms. The van der Waals surface area contributed by atoms with Crippen LogP contribution in [-0.2, 0) is 0 Å². The number of nitrogens with zero attached hydrogens (tertiary/aromatic N) is 2. The van der Waals surface area contributed by atoms with Crippen LogP contribution in [0.15, 0.2) is 24.3 Å². The van der Waals surface area contributed by atoms with Crippen molar-refractivity contribution in [1.29, 1.82) is 5.26 Å². The van der Waals surface area contributed by atoms with Gasteiger partial charge in [-0.3, -0.25) is 4.79 Å². The van der Waals surface area contributed by atoms with Gasteiger partial charge in [0.1, 0.15) is 0 Å². The molecule has 0 saturated carbocycles. The second kappa shape index (κ2) is 5.85. The Labute approximate surface area is 109 Å². The molecule has 4 heteroatoms. The van der Waals surface area contributed by atoms with Crippen molar-refractivity contribution in [3.05, 3.63) is 33.4 Å². The zero-order chi connectivity index (χ0) is 12.1. The van der Waals surface area contributed by atoms with Crippen LogP contribution in [0.4, 0.5) is 0 Å². The van der Waals surface area contributed by atoms with Gasteiger partial charge in [-0.15, -0.1) is 0 Å². The second-order valence-corrected chi connectivity index (χ2v) is 4.88. The van der Waals surface area contributed by atoms with Crippen LogP contribution in [0.25, 0.3) is 0 Å². The summed E-state index contributed by atoms with van der Waals surface area (Å²) < 4.78 is 1.03. The van der Waals surface area contributed by atoms with E-state index in [1.165, 1.54) is 0 Å². The topological polar surface area (TPSA) is 44.1 Å². The summed E-state index contributed by atoms with van der Waals surface area (Å²) in [6.07, 6.45) is 0.353. The lowest BCUT2D eigenvalue weighted by molar-refractivity contribution is 0.0746. The van der Waals surface area contributed by atoms with Gasteiger partial charge in [0.25, 0.3) is 5.91 Å². The number of carbonyl (C=O) groups is 1. The molecule has 1 unspecified atom stereocenters. The monoisotopic (exact) mass is 328 g/mol. The minimum Gasteiger partial charge on any atom is -0.338 e. The van der Waals surface area contributed by atoms with E-state index in [0.717, 1.165) is 3.57 Å². The van der Waals surface area contributed by atoms with E-state index >= 15 is 0 Å². The molecule has 0 aromatic heterocycles. The summed E-state index contributed by atoms with van der Waals surface area (Å²) >= 11 is 2.17. The fourth-order valence-electron chi connectivity index (χ4n) is 1.29. The highest BCUT2D eigenvalue weighted by atomic mass is 127. The van der Waals surface area contributed by atoms with Gasteiger partial charge in [0.15, 0.2) is 0 Å². The van der Waals surface area contributed by atoms with Gasteiger partial charge in [-0.25, -0.2) is 0 Å². The molecule has 0 radical (unpaired) electrons. The molecule has 0 aliphatic heterocycles. The van der Waals surface area contributed by atoms with E-state index in [2.05, 4.69) is 28.7 Å². The number of rotatable bonds is 3. The van der Waals surface area contributed by atoms with Crippen molar-refractivity contribution in [2.24, 2.45) is 0 Å². The third-order valence-electron chi connectivity index (χ3n) is 2.44. The maximum Gasteiger partial charge on any atom is 0.253 e. The molecule has 3 nitrogen and oxygen atoms in total. The highest BCUT2D eigenvalue weighted by Gasteiger charge is 2.16. The summed E-state index contributed by atoms with van der Waals surface area (Å²) in [6.45, 7) is 1.87. The molecule has 1 rings (SSSR count). The van der Waals surface area contributed by atoms with Crippen molar-refractivity contribution in [2.75, 3.05) is 7.05 Å². The molecule has 1 aromatic rings. The van der Waals surface area contributed by atoms with Crippen LogP contribution in [0, 0.1) is 14.9 Å². The maximum atomic E-state index is 12.0. The second-order valence-electron chi connectivity index (χ2n) is 3.64. The number of benzene rings is 1. The van der Waals surface area contributed by atoms with Crippen LogP contribution in [0.3, 0.4) is 0 Å². The van der Waals surface area contributed by atoms with Gasteiger partial charge in [-0.05, 0) is 47.7 Å². The van der Waals surface area contributed by atoms with Crippen LogP contribution in [-0.4, -0.2) is 23.9 Å². The first-order valence-electron chi connectivity index (χ1n) is 4.96. The molecular formula is C12H13IN2O. The number of halogens is 1. The lowest BCUT2D eigenvalue weighted by Crippen LogP contribution is -2.34. The minimum atomic E-state index is -0.0598. The summed E-state index contributed by atoms with van der Waals surface area (Å²) in [6, 6.07) is 9.45. The predicted octanol–water partition coefficient (Wildman–Crippen LogP) is 2.67. The zero-order valence-electron chi connectivity index (χ0n) is 9.27. The number of carbonyl (C=O) groups excluding carboxylic acids is 1. The first kappa shape index (κ1) is 13.0. The highest BCUT2D eigenvalue weighted by molar-refractivity contribution is 14.1. The number of nitriles is 1. The van der Waals surface area contributed by atoms with Gasteiger partial charge in [-0.1, -0.05) is 6.07 Å². The molecule has 0 aliphatic carbocycles. The first-order valence-corrected chi connectivity index (χ1v) is 6.04. The summed E-state index contributed by atoms with van der Waals surface area (Å²) in [5.74, 6) is -0.0405. The smallest absolute Gasteiger partial charge is 0.253 e. The Morgan fingerprint density at radius 3 is 2.88 bits per heavy atom. The molecule has 1 aromatic carbocycles. The Balaban J connectivity index is 2.82. The van der Waals surface area contributed by atoms with Crippen LogP contribution < -0.4 is 0 Å². The van der Waals surface area contributed by atoms with Crippen molar-refractivity contribution in [3.8, 4) is 6.07 Å². The molecule has 0 bridgehead atoms. The number of hydrogen-bond donors (Lipinski definition) is 0. The molecule has 0 N–H and O–H groups in total. The lowest BCUT2D eigenvalue weighted by Gasteiger charge is -2.23. The Bertz CT molecular complexity index is 425. The highest BCUT2D eigenvalue weighted by Crippen LogP contribution is 2.12.